The van der Waals surface area contributed by atoms with Crippen LogP contribution in [0.2, 0.25) is 0 Å². The molecule has 10 N–H and O–H groups in total. The van der Waals surface area contributed by atoms with E-state index in [0.29, 0.717) is 25.1 Å². The minimum absolute atomic E-state index is 0.0508. The number of nitrogens with one attached hydrogen (secondary N) is 3. The molecule has 0 bridgehead atoms. The fourth-order valence-electron chi connectivity index (χ4n) is 2.56. The average molecular weight is 411 g/mol. The molecule has 0 unspecified atom stereocenters. The highest BCUT2D eigenvalue weighted by Crippen LogP contribution is 2.04. The van der Waals surface area contributed by atoms with E-state index in [1.807, 2.05) is 0 Å². The Bertz CT molecular complexity index is 680. The number of carbonyl (C=O) groups excluding carboxylic acids is 3. The maximum atomic E-state index is 12.7. The number of carboxylic acids is 1. The Kier molecular flexibility index (Phi) is 10.3. The molecular formula is C17H29N7O5. The second kappa shape index (κ2) is 12.5. The molecule has 1 heterocycles. The number of imidazole rings is 1. The molecule has 3 amide bonds. The summed E-state index contributed by atoms with van der Waals surface area (Å²) in [5.41, 5.74) is 16.9. The number of carboxylic acid groups (broad SMARTS) is 1. The van der Waals surface area contributed by atoms with E-state index in [9.17, 15) is 24.3 Å². The summed E-state index contributed by atoms with van der Waals surface area (Å²) >= 11 is 0. The van der Waals surface area contributed by atoms with Gasteiger partial charge in [-0.3, -0.25) is 14.4 Å². The molecular weight excluding hydrogens is 382 g/mol. The quantitative estimate of drug-likeness (QED) is 0.165. The zero-order chi connectivity index (χ0) is 21.8. The van der Waals surface area contributed by atoms with Crippen molar-refractivity contribution in [3.05, 3.63) is 18.2 Å². The summed E-state index contributed by atoms with van der Waals surface area (Å²) in [7, 11) is 0. The Labute approximate surface area is 168 Å². The first-order valence-electron chi connectivity index (χ1n) is 9.29. The Morgan fingerprint density at radius 3 is 2.34 bits per heavy atom. The third kappa shape index (κ3) is 9.17. The van der Waals surface area contributed by atoms with Gasteiger partial charge in [0.25, 0.3) is 0 Å². The Morgan fingerprint density at radius 2 is 1.79 bits per heavy atom. The fourth-order valence-corrected chi connectivity index (χ4v) is 2.56. The van der Waals surface area contributed by atoms with Gasteiger partial charge < -0.3 is 37.9 Å². The highest BCUT2D eigenvalue weighted by molar-refractivity contribution is 5.92. The number of amides is 3. The van der Waals surface area contributed by atoms with Crippen molar-refractivity contribution >= 4 is 23.7 Å². The highest BCUT2D eigenvalue weighted by Gasteiger charge is 2.28. The van der Waals surface area contributed by atoms with E-state index in [1.165, 1.54) is 12.5 Å². The van der Waals surface area contributed by atoms with Crippen molar-refractivity contribution in [2.45, 2.75) is 56.7 Å². The number of nitrogens with two attached hydrogens (primary N) is 3. The number of unbranched alkanes of at least 4 members (excludes halogenated alkanes) is 1. The van der Waals surface area contributed by atoms with E-state index in [4.69, 9.17) is 17.2 Å². The third-order valence-corrected chi connectivity index (χ3v) is 4.21. The zero-order valence-electron chi connectivity index (χ0n) is 16.1. The Morgan fingerprint density at radius 1 is 1.10 bits per heavy atom. The van der Waals surface area contributed by atoms with E-state index >= 15 is 0 Å². The number of primary amides is 1. The van der Waals surface area contributed by atoms with Gasteiger partial charge in [-0.25, -0.2) is 9.78 Å². The molecule has 0 radical (unpaired) electrons. The molecule has 0 spiro atoms. The van der Waals surface area contributed by atoms with Gasteiger partial charge in [-0.1, -0.05) is 6.42 Å². The fraction of sp³-hybridized carbons (Fsp3) is 0.588. The SMILES string of the molecule is NCCCC[C@H](N)C(=O)N[C@@H](Cc1cnc[nH]1)C(=O)N[C@@H](CCC(N)=O)C(=O)O. The standard InChI is InChI=1S/C17H29N7O5/c18-6-2-1-3-11(19)15(26)24-13(7-10-8-21-9-22-10)16(27)23-12(17(28)29)4-5-14(20)25/h8-9,11-13H,1-7,18-19H2,(H2,20,25)(H,21,22)(H,23,27)(H,24,26)(H,28,29)/t11-,12-,13-/m0/s1. The average Bonchev–Trinajstić information content (AvgIpc) is 3.17. The summed E-state index contributed by atoms with van der Waals surface area (Å²) in [6.07, 6.45) is 4.36. The number of nitrogens with zero attached hydrogens (tertiary/aromatic N) is 1. The van der Waals surface area contributed by atoms with Crippen LogP contribution in [0.4, 0.5) is 0 Å². The van der Waals surface area contributed by atoms with Crippen LogP contribution in [-0.2, 0) is 25.6 Å². The van der Waals surface area contributed by atoms with Gasteiger partial charge >= 0.3 is 5.97 Å². The molecule has 0 aliphatic rings. The highest BCUT2D eigenvalue weighted by atomic mass is 16.4. The van der Waals surface area contributed by atoms with Crippen LogP contribution in [0.5, 0.6) is 0 Å². The lowest BCUT2D eigenvalue weighted by Crippen LogP contribution is -2.55. The van der Waals surface area contributed by atoms with Crippen molar-refractivity contribution in [3.8, 4) is 0 Å². The zero-order valence-corrected chi connectivity index (χ0v) is 16.1. The summed E-state index contributed by atoms with van der Waals surface area (Å²) in [5, 5.41) is 14.1. The van der Waals surface area contributed by atoms with Crippen LogP contribution in [0.15, 0.2) is 12.5 Å². The number of hydrogen-bond acceptors (Lipinski definition) is 7. The Hall–Kier alpha value is -2.99. The van der Waals surface area contributed by atoms with Crippen LogP contribution >= 0.6 is 0 Å². The van der Waals surface area contributed by atoms with Crippen LogP contribution in [0.1, 0.15) is 37.8 Å². The molecule has 0 fully saturated rings. The van der Waals surface area contributed by atoms with Crippen LogP contribution in [0, 0.1) is 0 Å². The molecule has 0 aromatic carbocycles. The van der Waals surface area contributed by atoms with Gasteiger partial charge in [-0.05, 0) is 25.8 Å². The van der Waals surface area contributed by atoms with Gasteiger partial charge in [0.1, 0.15) is 12.1 Å². The molecule has 0 aliphatic carbocycles. The van der Waals surface area contributed by atoms with Gasteiger partial charge in [0, 0.05) is 24.7 Å². The number of rotatable bonds is 14. The molecule has 12 heteroatoms. The van der Waals surface area contributed by atoms with Gasteiger partial charge in [0.2, 0.25) is 17.7 Å². The van der Waals surface area contributed by atoms with Crippen LogP contribution < -0.4 is 27.8 Å². The van der Waals surface area contributed by atoms with Gasteiger partial charge in [0.05, 0.1) is 12.4 Å². The lowest BCUT2D eigenvalue weighted by Gasteiger charge is -2.22. The maximum absolute atomic E-state index is 12.7. The van der Waals surface area contributed by atoms with Crippen molar-refractivity contribution in [2.24, 2.45) is 17.2 Å². The van der Waals surface area contributed by atoms with Crippen molar-refractivity contribution in [1.82, 2.24) is 20.6 Å². The first kappa shape index (κ1) is 24.0. The van der Waals surface area contributed by atoms with E-state index < -0.39 is 41.8 Å². The summed E-state index contributed by atoms with van der Waals surface area (Å²) in [4.78, 5) is 54.0. The summed E-state index contributed by atoms with van der Waals surface area (Å²) in [6, 6.07) is -3.24. The molecule has 1 aromatic heterocycles. The van der Waals surface area contributed by atoms with Crippen LogP contribution in [0.3, 0.4) is 0 Å². The summed E-state index contributed by atoms with van der Waals surface area (Å²) in [5.74, 6) is -3.26. The topological polar surface area (TPSA) is 219 Å². The van der Waals surface area contributed by atoms with Crippen molar-refractivity contribution in [2.75, 3.05) is 6.54 Å². The number of H-pyrrole nitrogens is 1. The summed E-state index contributed by atoms with van der Waals surface area (Å²) < 4.78 is 0. The largest absolute Gasteiger partial charge is 0.480 e. The minimum Gasteiger partial charge on any atom is -0.480 e. The molecule has 3 atom stereocenters. The molecule has 12 nitrogen and oxygen atoms in total. The molecule has 0 saturated heterocycles. The van der Waals surface area contributed by atoms with E-state index in [2.05, 4.69) is 20.6 Å². The number of aromatic amines is 1. The van der Waals surface area contributed by atoms with E-state index in [1.54, 1.807) is 0 Å². The van der Waals surface area contributed by atoms with Crippen LogP contribution in [-0.4, -0.2) is 63.4 Å². The monoisotopic (exact) mass is 411 g/mol. The van der Waals surface area contributed by atoms with Crippen molar-refractivity contribution in [1.29, 1.82) is 0 Å². The number of aliphatic carboxylic acids is 1. The number of hydrogen-bond donors (Lipinski definition) is 7. The predicted octanol–water partition coefficient (Wildman–Crippen LogP) is -2.27. The van der Waals surface area contributed by atoms with E-state index in [-0.39, 0.29) is 19.3 Å². The third-order valence-electron chi connectivity index (χ3n) is 4.21. The van der Waals surface area contributed by atoms with Crippen molar-refractivity contribution in [3.63, 3.8) is 0 Å². The predicted molar refractivity (Wildman–Crippen MR) is 103 cm³/mol. The normalized spacial score (nSPS) is 13.9. The second-order valence-corrected chi connectivity index (χ2v) is 6.64. The molecule has 0 aliphatic heterocycles. The van der Waals surface area contributed by atoms with Gasteiger partial charge in [0.15, 0.2) is 0 Å². The number of carbonyl (C=O) groups is 4. The van der Waals surface area contributed by atoms with Crippen LogP contribution in [0.25, 0.3) is 0 Å². The molecule has 1 rings (SSSR count). The molecule has 0 saturated carbocycles. The molecule has 29 heavy (non-hydrogen) atoms. The lowest BCUT2D eigenvalue weighted by atomic mass is 10.1. The first-order valence-corrected chi connectivity index (χ1v) is 9.29. The molecule has 162 valence electrons. The Balaban J connectivity index is 2.81. The summed E-state index contributed by atoms with van der Waals surface area (Å²) in [6.45, 7) is 0.487. The van der Waals surface area contributed by atoms with E-state index in [0.717, 1.165) is 6.42 Å². The first-order chi connectivity index (χ1) is 13.7. The molecule has 1 aromatic rings. The number of aromatic nitrogens is 2. The minimum atomic E-state index is -1.32. The van der Waals surface area contributed by atoms with Crippen molar-refractivity contribution < 1.29 is 24.3 Å². The maximum Gasteiger partial charge on any atom is 0.326 e. The van der Waals surface area contributed by atoms with Gasteiger partial charge in [-0.15, -0.1) is 0 Å². The van der Waals surface area contributed by atoms with Gasteiger partial charge in [-0.2, -0.15) is 0 Å². The lowest BCUT2D eigenvalue weighted by molar-refractivity contribution is -0.142. The smallest absolute Gasteiger partial charge is 0.326 e. The second-order valence-electron chi connectivity index (χ2n) is 6.64.